The van der Waals surface area contributed by atoms with Gasteiger partial charge in [0.25, 0.3) is 0 Å². The van der Waals surface area contributed by atoms with Crippen LogP contribution in [-0.2, 0) is 15.9 Å². The fourth-order valence-electron chi connectivity index (χ4n) is 2.57. The molecule has 0 bridgehead atoms. The van der Waals surface area contributed by atoms with Crippen molar-refractivity contribution in [2.45, 2.75) is 45.4 Å². The Hall–Kier alpha value is -1.59. The van der Waals surface area contributed by atoms with Crippen molar-refractivity contribution in [3.63, 3.8) is 0 Å². The van der Waals surface area contributed by atoms with Crippen molar-refractivity contribution in [2.75, 3.05) is 47.1 Å². The quantitative estimate of drug-likeness (QED) is 0.321. The minimum absolute atomic E-state index is 0.594. The standard InChI is InChI=1S/C21H37N3O2/c1-18(2)20-11-9-19(10-12-20)8-7-14-24-21(22-3)23-13-5-6-15-26-17-16-25-4/h9-12,18H,5-8,13-17H2,1-4H3,(H2,22,23,24). The maximum absolute atomic E-state index is 5.45. The highest BCUT2D eigenvalue weighted by atomic mass is 16.5. The fraction of sp³-hybridized carbons (Fsp3) is 0.667. The number of nitrogens with one attached hydrogen (secondary N) is 2. The van der Waals surface area contributed by atoms with Gasteiger partial charge >= 0.3 is 0 Å². The highest BCUT2D eigenvalue weighted by Crippen LogP contribution is 2.15. The number of unbranched alkanes of at least 4 members (excludes halogenated alkanes) is 1. The Kier molecular flexibility index (Phi) is 12.6. The van der Waals surface area contributed by atoms with Gasteiger partial charge in [0.1, 0.15) is 0 Å². The topological polar surface area (TPSA) is 54.9 Å². The second kappa shape index (κ2) is 14.6. The van der Waals surface area contributed by atoms with Gasteiger partial charge in [0.15, 0.2) is 5.96 Å². The Balaban J connectivity index is 2.07. The molecule has 0 aliphatic carbocycles. The predicted octanol–water partition coefficient (Wildman–Crippen LogP) is 3.35. The molecule has 0 saturated heterocycles. The van der Waals surface area contributed by atoms with E-state index in [0.717, 1.165) is 51.3 Å². The number of guanidine groups is 1. The van der Waals surface area contributed by atoms with E-state index in [9.17, 15) is 0 Å². The first kappa shape index (κ1) is 22.5. The van der Waals surface area contributed by atoms with Crippen LogP contribution in [0, 0.1) is 0 Å². The third kappa shape index (κ3) is 10.4. The minimum Gasteiger partial charge on any atom is -0.382 e. The van der Waals surface area contributed by atoms with Crippen LogP contribution in [0.1, 0.15) is 50.2 Å². The van der Waals surface area contributed by atoms with Crippen LogP contribution in [0.4, 0.5) is 0 Å². The van der Waals surface area contributed by atoms with Crippen LogP contribution in [0.25, 0.3) is 0 Å². The number of benzene rings is 1. The minimum atomic E-state index is 0.594. The van der Waals surface area contributed by atoms with Gasteiger partial charge < -0.3 is 20.1 Å². The van der Waals surface area contributed by atoms with Gasteiger partial charge in [-0.05, 0) is 42.7 Å². The summed E-state index contributed by atoms with van der Waals surface area (Å²) >= 11 is 0. The van der Waals surface area contributed by atoms with Crippen molar-refractivity contribution in [1.82, 2.24) is 10.6 Å². The molecule has 0 atom stereocenters. The molecule has 0 heterocycles. The maximum atomic E-state index is 5.45. The summed E-state index contributed by atoms with van der Waals surface area (Å²) in [6.07, 6.45) is 4.28. The van der Waals surface area contributed by atoms with Crippen molar-refractivity contribution in [3.8, 4) is 0 Å². The lowest BCUT2D eigenvalue weighted by atomic mass is 10.0. The summed E-state index contributed by atoms with van der Waals surface area (Å²) in [5, 5.41) is 6.73. The zero-order chi connectivity index (χ0) is 19.0. The molecule has 1 rings (SSSR count). The molecular weight excluding hydrogens is 326 g/mol. The van der Waals surface area contributed by atoms with Gasteiger partial charge in [0.2, 0.25) is 0 Å². The van der Waals surface area contributed by atoms with E-state index in [0.29, 0.717) is 19.1 Å². The molecule has 0 fully saturated rings. The molecular formula is C21H37N3O2. The average Bonchev–Trinajstić information content (AvgIpc) is 2.65. The molecule has 5 nitrogen and oxygen atoms in total. The Morgan fingerprint density at radius 1 is 0.962 bits per heavy atom. The molecule has 1 aromatic rings. The molecule has 0 spiro atoms. The van der Waals surface area contributed by atoms with E-state index in [2.05, 4.69) is 53.7 Å². The lowest BCUT2D eigenvalue weighted by Gasteiger charge is -2.12. The van der Waals surface area contributed by atoms with Crippen LogP contribution in [0.3, 0.4) is 0 Å². The number of nitrogens with zero attached hydrogens (tertiary/aromatic N) is 1. The molecule has 0 saturated carbocycles. The first-order chi connectivity index (χ1) is 12.7. The van der Waals surface area contributed by atoms with Crippen molar-refractivity contribution >= 4 is 5.96 Å². The van der Waals surface area contributed by atoms with Gasteiger partial charge in [-0.2, -0.15) is 0 Å². The third-order valence-corrected chi connectivity index (χ3v) is 4.24. The van der Waals surface area contributed by atoms with Gasteiger partial charge in [0, 0.05) is 33.9 Å². The Morgan fingerprint density at radius 2 is 1.65 bits per heavy atom. The molecule has 5 heteroatoms. The number of aliphatic imine (C=N–C) groups is 1. The van der Waals surface area contributed by atoms with Gasteiger partial charge in [-0.1, -0.05) is 38.1 Å². The summed E-state index contributed by atoms with van der Waals surface area (Å²) in [6.45, 7) is 8.41. The molecule has 0 aromatic heterocycles. The predicted molar refractivity (Wildman–Crippen MR) is 110 cm³/mol. The van der Waals surface area contributed by atoms with Gasteiger partial charge in [-0.25, -0.2) is 0 Å². The summed E-state index contributed by atoms with van der Waals surface area (Å²) in [7, 11) is 3.50. The summed E-state index contributed by atoms with van der Waals surface area (Å²) in [5.41, 5.74) is 2.80. The molecule has 2 N–H and O–H groups in total. The summed E-state index contributed by atoms with van der Waals surface area (Å²) in [5.74, 6) is 1.47. The van der Waals surface area contributed by atoms with Crippen LogP contribution >= 0.6 is 0 Å². The van der Waals surface area contributed by atoms with Crippen molar-refractivity contribution in [2.24, 2.45) is 4.99 Å². The van der Waals surface area contributed by atoms with Crippen molar-refractivity contribution < 1.29 is 9.47 Å². The van der Waals surface area contributed by atoms with Crippen LogP contribution in [0.5, 0.6) is 0 Å². The number of aryl methyl sites for hydroxylation is 1. The maximum Gasteiger partial charge on any atom is 0.190 e. The van der Waals surface area contributed by atoms with E-state index in [1.54, 1.807) is 7.11 Å². The normalized spacial score (nSPS) is 11.8. The molecule has 0 amide bonds. The fourth-order valence-corrected chi connectivity index (χ4v) is 2.57. The van der Waals surface area contributed by atoms with Crippen LogP contribution in [0.15, 0.2) is 29.3 Å². The highest BCUT2D eigenvalue weighted by molar-refractivity contribution is 5.79. The first-order valence-corrected chi connectivity index (χ1v) is 9.77. The molecule has 26 heavy (non-hydrogen) atoms. The summed E-state index contributed by atoms with van der Waals surface area (Å²) in [4.78, 5) is 4.27. The lowest BCUT2D eigenvalue weighted by molar-refractivity contribution is 0.0689. The van der Waals surface area contributed by atoms with E-state index in [1.807, 2.05) is 7.05 Å². The van der Waals surface area contributed by atoms with E-state index < -0.39 is 0 Å². The largest absolute Gasteiger partial charge is 0.382 e. The number of hydrogen-bond donors (Lipinski definition) is 2. The average molecular weight is 364 g/mol. The second-order valence-electron chi connectivity index (χ2n) is 6.74. The van der Waals surface area contributed by atoms with Crippen molar-refractivity contribution in [3.05, 3.63) is 35.4 Å². The summed E-state index contributed by atoms with van der Waals surface area (Å²) < 4.78 is 10.4. The van der Waals surface area contributed by atoms with E-state index in [4.69, 9.17) is 9.47 Å². The Labute approximate surface area is 159 Å². The molecule has 0 aliphatic rings. The zero-order valence-electron chi connectivity index (χ0n) is 17.0. The number of hydrogen-bond acceptors (Lipinski definition) is 3. The number of methoxy groups -OCH3 is 1. The van der Waals surface area contributed by atoms with E-state index in [1.165, 1.54) is 11.1 Å². The first-order valence-electron chi connectivity index (χ1n) is 9.77. The van der Waals surface area contributed by atoms with Gasteiger partial charge in [0.05, 0.1) is 13.2 Å². The summed E-state index contributed by atoms with van der Waals surface area (Å²) in [6, 6.07) is 8.98. The smallest absolute Gasteiger partial charge is 0.190 e. The highest BCUT2D eigenvalue weighted by Gasteiger charge is 2.00. The Bertz CT molecular complexity index is 487. The number of rotatable bonds is 13. The van der Waals surface area contributed by atoms with Crippen LogP contribution < -0.4 is 10.6 Å². The van der Waals surface area contributed by atoms with E-state index in [-0.39, 0.29) is 0 Å². The Morgan fingerprint density at radius 3 is 2.27 bits per heavy atom. The van der Waals surface area contributed by atoms with Crippen LogP contribution in [0.2, 0.25) is 0 Å². The van der Waals surface area contributed by atoms with Crippen molar-refractivity contribution in [1.29, 1.82) is 0 Å². The van der Waals surface area contributed by atoms with Gasteiger partial charge in [-0.3, -0.25) is 4.99 Å². The SMILES string of the molecule is CN=C(NCCCCOCCOC)NCCCc1ccc(C(C)C)cc1. The van der Waals surface area contributed by atoms with Gasteiger partial charge in [-0.15, -0.1) is 0 Å². The molecule has 0 aliphatic heterocycles. The molecule has 0 radical (unpaired) electrons. The van der Waals surface area contributed by atoms with E-state index >= 15 is 0 Å². The zero-order valence-corrected chi connectivity index (χ0v) is 17.0. The second-order valence-corrected chi connectivity index (χ2v) is 6.74. The third-order valence-electron chi connectivity index (χ3n) is 4.24. The molecule has 0 unspecified atom stereocenters. The number of ether oxygens (including phenoxy) is 2. The van der Waals surface area contributed by atoms with Crippen LogP contribution in [-0.4, -0.2) is 53.0 Å². The molecule has 148 valence electrons. The molecule has 1 aromatic carbocycles. The lowest BCUT2D eigenvalue weighted by Crippen LogP contribution is -2.38. The monoisotopic (exact) mass is 363 g/mol.